The van der Waals surface area contributed by atoms with Crippen LogP contribution in [0.1, 0.15) is 18.7 Å². The first kappa shape index (κ1) is 14.8. The lowest BCUT2D eigenvalue weighted by Gasteiger charge is -2.06. The molecule has 1 aromatic carbocycles. The molecule has 0 saturated heterocycles. The van der Waals surface area contributed by atoms with Crippen molar-refractivity contribution in [1.29, 1.82) is 0 Å². The lowest BCUT2D eigenvalue weighted by molar-refractivity contribution is 0.781. The summed E-state index contributed by atoms with van der Waals surface area (Å²) in [5.41, 5.74) is 2.64. The summed E-state index contributed by atoms with van der Waals surface area (Å²) < 4.78 is 0. The smallest absolute Gasteiger partial charge is 0.0406 e. The van der Waals surface area contributed by atoms with Gasteiger partial charge in [-0.2, -0.15) is 0 Å². The van der Waals surface area contributed by atoms with Crippen LogP contribution in [0.3, 0.4) is 0 Å². The van der Waals surface area contributed by atoms with Crippen molar-refractivity contribution < 1.29 is 0 Å². The van der Waals surface area contributed by atoms with Crippen molar-refractivity contribution in [3.63, 3.8) is 0 Å². The van der Waals surface area contributed by atoms with Crippen LogP contribution in [0.25, 0.3) is 16.5 Å². The first-order chi connectivity index (χ1) is 9.10. The standard InChI is InChI=1S/C16H16BrClS/c1-11(2)13(10-17)9-15-7-8-16(19-15)12-3-5-14(18)6-4-12/h3-9,11H,10H2,1-2H3. The van der Waals surface area contributed by atoms with Gasteiger partial charge in [-0.1, -0.05) is 59.1 Å². The van der Waals surface area contributed by atoms with E-state index in [-0.39, 0.29) is 0 Å². The molecule has 1 heterocycles. The Labute approximate surface area is 132 Å². The Kier molecular flexibility index (Phi) is 5.26. The van der Waals surface area contributed by atoms with Gasteiger partial charge in [-0.15, -0.1) is 11.3 Å². The summed E-state index contributed by atoms with van der Waals surface area (Å²) in [7, 11) is 0. The van der Waals surface area contributed by atoms with E-state index in [2.05, 4.69) is 60.1 Å². The van der Waals surface area contributed by atoms with Crippen molar-refractivity contribution in [2.45, 2.75) is 13.8 Å². The van der Waals surface area contributed by atoms with Crippen LogP contribution in [-0.2, 0) is 0 Å². The lowest BCUT2D eigenvalue weighted by atomic mass is 10.0. The molecule has 0 radical (unpaired) electrons. The summed E-state index contributed by atoms with van der Waals surface area (Å²) in [4.78, 5) is 2.58. The topological polar surface area (TPSA) is 0 Å². The summed E-state index contributed by atoms with van der Waals surface area (Å²) in [6.07, 6.45) is 2.28. The molecule has 0 spiro atoms. The largest absolute Gasteiger partial charge is 0.136 e. The number of alkyl halides is 1. The molecule has 0 fully saturated rings. The normalized spacial score (nSPS) is 12.2. The summed E-state index contributed by atoms with van der Waals surface area (Å²) in [6, 6.07) is 12.4. The van der Waals surface area contributed by atoms with Crippen LogP contribution in [0.2, 0.25) is 5.02 Å². The van der Waals surface area contributed by atoms with Crippen molar-refractivity contribution in [2.24, 2.45) is 5.92 Å². The summed E-state index contributed by atoms with van der Waals surface area (Å²) in [6.45, 7) is 4.45. The number of allylic oxidation sites excluding steroid dienone is 1. The first-order valence-corrected chi connectivity index (χ1v) is 8.54. The van der Waals surface area contributed by atoms with E-state index >= 15 is 0 Å². The predicted molar refractivity (Wildman–Crippen MR) is 91.4 cm³/mol. The highest BCUT2D eigenvalue weighted by Crippen LogP contribution is 2.31. The Bertz CT molecular complexity index is 567. The summed E-state index contributed by atoms with van der Waals surface area (Å²) in [5, 5.41) is 1.71. The van der Waals surface area contributed by atoms with Crippen molar-refractivity contribution >= 4 is 44.9 Å². The molecule has 0 N–H and O–H groups in total. The third-order valence-corrected chi connectivity index (χ3v) is 4.96. The molecule has 2 rings (SSSR count). The van der Waals surface area contributed by atoms with Gasteiger partial charge >= 0.3 is 0 Å². The van der Waals surface area contributed by atoms with E-state index in [1.165, 1.54) is 20.9 Å². The Morgan fingerprint density at radius 1 is 1.21 bits per heavy atom. The molecule has 0 aliphatic carbocycles. The van der Waals surface area contributed by atoms with Crippen molar-refractivity contribution in [2.75, 3.05) is 5.33 Å². The molecule has 0 amide bonds. The molecule has 19 heavy (non-hydrogen) atoms. The third kappa shape index (κ3) is 3.95. The van der Waals surface area contributed by atoms with E-state index in [1.807, 2.05) is 23.5 Å². The van der Waals surface area contributed by atoms with E-state index in [0.29, 0.717) is 5.92 Å². The van der Waals surface area contributed by atoms with E-state index in [1.54, 1.807) is 0 Å². The predicted octanol–water partition coefficient (Wildman–Crippen LogP) is 6.50. The van der Waals surface area contributed by atoms with Crippen LogP contribution >= 0.6 is 38.9 Å². The molecule has 0 nitrogen and oxygen atoms in total. The molecule has 0 atom stereocenters. The molecule has 1 aromatic heterocycles. The van der Waals surface area contributed by atoms with Crippen LogP contribution in [0, 0.1) is 5.92 Å². The number of rotatable bonds is 4. The molecule has 3 heteroatoms. The number of halogens is 2. The minimum absolute atomic E-state index is 0.570. The molecular formula is C16H16BrClS. The lowest BCUT2D eigenvalue weighted by Crippen LogP contribution is -1.93. The molecule has 0 aliphatic rings. The number of thiophene rings is 1. The molecule has 0 unspecified atom stereocenters. The fraction of sp³-hybridized carbons (Fsp3) is 0.250. The third-order valence-electron chi connectivity index (χ3n) is 2.98. The molecule has 0 bridgehead atoms. The SMILES string of the molecule is CC(C)C(=Cc1ccc(-c2ccc(Cl)cc2)s1)CBr. The number of benzene rings is 1. The van der Waals surface area contributed by atoms with Crippen LogP contribution in [0.4, 0.5) is 0 Å². The second-order valence-corrected chi connectivity index (χ2v) is 6.83. The average Bonchev–Trinajstić information content (AvgIpc) is 2.85. The minimum Gasteiger partial charge on any atom is -0.136 e. The zero-order valence-electron chi connectivity index (χ0n) is 11.0. The Morgan fingerprint density at radius 3 is 2.47 bits per heavy atom. The highest BCUT2D eigenvalue weighted by atomic mass is 79.9. The van der Waals surface area contributed by atoms with E-state index in [4.69, 9.17) is 11.6 Å². The minimum atomic E-state index is 0.570. The quantitative estimate of drug-likeness (QED) is 0.549. The summed E-state index contributed by atoms with van der Waals surface area (Å²) >= 11 is 11.3. The average molecular weight is 356 g/mol. The fourth-order valence-electron chi connectivity index (χ4n) is 1.74. The van der Waals surface area contributed by atoms with E-state index < -0.39 is 0 Å². The van der Waals surface area contributed by atoms with Gasteiger partial charge in [-0.3, -0.25) is 0 Å². The van der Waals surface area contributed by atoms with Crippen molar-refractivity contribution in [1.82, 2.24) is 0 Å². The number of hydrogen-bond acceptors (Lipinski definition) is 1. The van der Waals surface area contributed by atoms with Gasteiger partial charge < -0.3 is 0 Å². The summed E-state index contributed by atoms with van der Waals surface area (Å²) in [5.74, 6) is 0.570. The highest BCUT2D eigenvalue weighted by Gasteiger charge is 2.05. The second kappa shape index (κ2) is 6.74. The van der Waals surface area contributed by atoms with Gasteiger partial charge in [0.05, 0.1) is 0 Å². The van der Waals surface area contributed by atoms with Crippen LogP contribution in [0.5, 0.6) is 0 Å². The second-order valence-electron chi connectivity index (χ2n) is 4.72. The molecular weight excluding hydrogens is 340 g/mol. The van der Waals surface area contributed by atoms with Crippen LogP contribution in [-0.4, -0.2) is 5.33 Å². The van der Waals surface area contributed by atoms with Crippen molar-refractivity contribution in [3.8, 4) is 10.4 Å². The highest BCUT2D eigenvalue weighted by molar-refractivity contribution is 9.09. The number of hydrogen-bond donors (Lipinski definition) is 0. The molecule has 0 aliphatic heterocycles. The molecule has 100 valence electrons. The molecule has 0 saturated carbocycles. The van der Waals surface area contributed by atoms with Gasteiger partial charge in [-0.05, 0) is 41.8 Å². The fourth-order valence-corrected chi connectivity index (χ4v) is 3.67. The van der Waals surface area contributed by atoms with Gasteiger partial charge in [0.25, 0.3) is 0 Å². The van der Waals surface area contributed by atoms with Crippen LogP contribution in [0.15, 0.2) is 42.0 Å². The zero-order valence-corrected chi connectivity index (χ0v) is 14.1. The van der Waals surface area contributed by atoms with E-state index in [0.717, 1.165) is 10.4 Å². The van der Waals surface area contributed by atoms with Gasteiger partial charge in [0, 0.05) is 20.1 Å². The maximum absolute atomic E-state index is 5.92. The van der Waals surface area contributed by atoms with Gasteiger partial charge in [0.2, 0.25) is 0 Å². The zero-order chi connectivity index (χ0) is 13.8. The molecule has 2 aromatic rings. The Hall–Kier alpha value is -0.570. The first-order valence-electron chi connectivity index (χ1n) is 6.22. The van der Waals surface area contributed by atoms with Crippen LogP contribution < -0.4 is 0 Å². The monoisotopic (exact) mass is 354 g/mol. The van der Waals surface area contributed by atoms with Gasteiger partial charge in [0.15, 0.2) is 0 Å². The van der Waals surface area contributed by atoms with E-state index in [9.17, 15) is 0 Å². The van der Waals surface area contributed by atoms with Crippen molar-refractivity contribution in [3.05, 3.63) is 51.9 Å². The van der Waals surface area contributed by atoms with Gasteiger partial charge in [-0.25, -0.2) is 0 Å². The maximum Gasteiger partial charge on any atom is 0.0406 e. The maximum atomic E-state index is 5.92. The van der Waals surface area contributed by atoms with Gasteiger partial charge in [0.1, 0.15) is 0 Å². The Morgan fingerprint density at radius 2 is 1.89 bits per heavy atom. The Balaban J connectivity index is 2.26.